The third-order valence-corrected chi connectivity index (χ3v) is 6.98. The molecule has 3 rings (SSSR count). The first kappa shape index (κ1) is 25.2. The lowest BCUT2D eigenvalue weighted by molar-refractivity contribution is 0.0924. The van der Waals surface area contributed by atoms with Crippen LogP contribution in [-0.2, 0) is 5.41 Å². The third kappa shape index (κ3) is 5.20. The quantitative estimate of drug-likeness (QED) is 0.352. The second-order valence-corrected chi connectivity index (χ2v) is 8.81. The summed E-state index contributed by atoms with van der Waals surface area (Å²) in [4.78, 5) is 18.8. The Bertz CT molecular complexity index is 1080. The molecular weight excluding hydrogens is 454 g/mol. The number of ether oxygens (including phenoxy) is 2. The number of carbonyl (C=O) groups is 1. The Balaban J connectivity index is 1.84. The van der Waals surface area contributed by atoms with Crippen molar-refractivity contribution in [3.63, 3.8) is 0 Å². The van der Waals surface area contributed by atoms with Crippen LogP contribution in [0.15, 0.2) is 47.5 Å². The number of hydrogen-bond acceptors (Lipinski definition) is 5. The van der Waals surface area contributed by atoms with E-state index in [0.717, 1.165) is 25.7 Å². The Kier molecular flexibility index (Phi) is 8.24. The van der Waals surface area contributed by atoms with Gasteiger partial charge in [0.1, 0.15) is 11.3 Å². The summed E-state index contributed by atoms with van der Waals surface area (Å²) in [6.45, 7) is 0.437. The highest BCUT2D eigenvalue weighted by atomic mass is 35.5. The molecular formula is C25H30ClN5O3. The average Bonchev–Trinajstić information content (AvgIpc) is 2.87. The number of carbonyl (C=O) groups excluding carboxylic acids is 1. The van der Waals surface area contributed by atoms with E-state index in [0.29, 0.717) is 17.3 Å². The van der Waals surface area contributed by atoms with Crippen LogP contribution in [0.1, 0.15) is 41.6 Å². The van der Waals surface area contributed by atoms with Gasteiger partial charge in [-0.1, -0.05) is 41.9 Å². The lowest BCUT2D eigenvalue weighted by Crippen LogP contribution is -2.49. The maximum atomic E-state index is 13.3. The molecule has 0 unspecified atom stereocenters. The topological polar surface area (TPSA) is 113 Å². The molecule has 34 heavy (non-hydrogen) atoms. The molecule has 0 saturated heterocycles. The van der Waals surface area contributed by atoms with E-state index in [1.807, 2.05) is 30.1 Å². The van der Waals surface area contributed by atoms with Gasteiger partial charge in [-0.2, -0.15) is 5.26 Å². The largest absolute Gasteiger partial charge is 0.496 e. The number of nitriles is 1. The molecule has 1 fully saturated rings. The highest BCUT2D eigenvalue weighted by molar-refractivity contribution is 6.32. The van der Waals surface area contributed by atoms with Gasteiger partial charge in [0.25, 0.3) is 5.91 Å². The van der Waals surface area contributed by atoms with Gasteiger partial charge >= 0.3 is 0 Å². The predicted octanol–water partition coefficient (Wildman–Crippen LogP) is 3.70. The molecule has 180 valence electrons. The summed E-state index contributed by atoms with van der Waals surface area (Å²) in [6.07, 6.45) is 5.08. The van der Waals surface area contributed by atoms with Crippen LogP contribution in [-0.4, -0.2) is 50.6 Å². The molecule has 0 heterocycles. The predicted molar refractivity (Wildman–Crippen MR) is 132 cm³/mol. The Hall–Kier alpha value is -3.44. The van der Waals surface area contributed by atoms with E-state index < -0.39 is 0 Å². The van der Waals surface area contributed by atoms with Crippen molar-refractivity contribution in [2.24, 2.45) is 10.7 Å². The number of benzene rings is 2. The van der Waals surface area contributed by atoms with E-state index in [1.54, 1.807) is 18.3 Å². The summed E-state index contributed by atoms with van der Waals surface area (Å²) < 4.78 is 10.8. The van der Waals surface area contributed by atoms with E-state index in [9.17, 15) is 4.79 Å². The molecule has 1 aliphatic rings. The molecule has 1 aliphatic carbocycles. The molecule has 0 aliphatic heterocycles. The van der Waals surface area contributed by atoms with E-state index in [1.165, 1.54) is 19.8 Å². The maximum Gasteiger partial charge on any atom is 0.258 e. The van der Waals surface area contributed by atoms with Crippen molar-refractivity contribution in [3.8, 4) is 17.7 Å². The number of amides is 1. The third-order valence-electron chi connectivity index (χ3n) is 6.68. The van der Waals surface area contributed by atoms with Crippen LogP contribution < -0.4 is 20.5 Å². The van der Waals surface area contributed by atoms with Gasteiger partial charge in [-0.15, -0.1) is 4.99 Å². The van der Waals surface area contributed by atoms with E-state index in [-0.39, 0.29) is 34.6 Å². The molecule has 0 aromatic heterocycles. The van der Waals surface area contributed by atoms with Gasteiger partial charge in [-0.3, -0.25) is 4.79 Å². The van der Waals surface area contributed by atoms with E-state index in [2.05, 4.69) is 22.4 Å². The number of hydrogen-bond donors (Lipinski definition) is 2. The second-order valence-electron chi connectivity index (χ2n) is 8.40. The molecule has 0 bridgehead atoms. The Morgan fingerprint density at radius 3 is 2.50 bits per heavy atom. The van der Waals surface area contributed by atoms with Crippen molar-refractivity contribution >= 4 is 23.5 Å². The molecule has 2 aromatic carbocycles. The van der Waals surface area contributed by atoms with Gasteiger partial charge in [0.05, 0.1) is 19.2 Å². The Morgan fingerprint density at radius 2 is 1.91 bits per heavy atom. The fourth-order valence-corrected chi connectivity index (χ4v) is 4.92. The summed E-state index contributed by atoms with van der Waals surface area (Å²) >= 11 is 6.26. The molecule has 1 amide bonds. The fraction of sp³-hybridized carbons (Fsp3) is 0.400. The molecule has 9 heteroatoms. The SMILES string of the molecule is COc1ccc(Cl)c(OC)c1C(=O)NCC1(c2ccccc2)CCC(N(C)C(N)=NC#N)CC1. The molecule has 8 nitrogen and oxygen atoms in total. The zero-order chi connectivity index (χ0) is 24.7. The molecule has 2 aromatic rings. The minimum Gasteiger partial charge on any atom is -0.496 e. The number of methoxy groups -OCH3 is 2. The van der Waals surface area contributed by atoms with Gasteiger partial charge in [0, 0.05) is 25.0 Å². The first-order chi connectivity index (χ1) is 16.4. The number of guanidine groups is 1. The van der Waals surface area contributed by atoms with E-state index in [4.69, 9.17) is 32.1 Å². The Labute approximate surface area is 205 Å². The molecule has 1 saturated carbocycles. The average molecular weight is 484 g/mol. The highest BCUT2D eigenvalue weighted by Crippen LogP contribution is 2.41. The summed E-state index contributed by atoms with van der Waals surface area (Å²) in [5, 5.41) is 12.3. The van der Waals surface area contributed by atoms with Crippen molar-refractivity contribution in [1.82, 2.24) is 10.2 Å². The van der Waals surface area contributed by atoms with Crippen molar-refractivity contribution in [2.75, 3.05) is 27.8 Å². The molecule has 0 radical (unpaired) electrons. The van der Waals surface area contributed by atoms with Gasteiger partial charge in [-0.05, 0) is 43.4 Å². The second kappa shape index (κ2) is 11.1. The summed E-state index contributed by atoms with van der Waals surface area (Å²) in [5.41, 5.74) is 7.11. The lowest BCUT2D eigenvalue weighted by atomic mass is 9.68. The van der Waals surface area contributed by atoms with Crippen molar-refractivity contribution < 1.29 is 14.3 Å². The van der Waals surface area contributed by atoms with Gasteiger partial charge in [0.2, 0.25) is 12.2 Å². The van der Waals surface area contributed by atoms with E-state index >= 15 is 0 Å². The van der Waals surface area contributed by atoms with Gasteiger partial charge in [0.15, 0.2) is 5.75 Å². The van der Waals surface area contributed by atoms with Crippen LogP contribution >= 0.6 is 11.6 Å². The number of nitrogens with two attached hydrogens (primary N) is 1. The highest BCUT2D eigenvalue weighted by Gasteiger charge is 2.39. The van der Waals surface area contributed by atoms with Crippen LogP contribution in [0.2, 0.25) is 5.02 Å². The van der Waals surface area contributed by atoms with Gasteiger partial charge < -0.3 is 25.4 Å². The molecule has 0 spiro atoms. The lowest BCUT2D eigenvalue weighted by Gasteiger charge is -2.43. The number of nitrogens with one attached hydrogen (secondary N) is 1. The monoisotopic (exact) mass is 483 g/mol. The summed E-state index contributed by atoms with van der Waals surface area (Å²) in [5.74, 6) is 0.583. The zero-order valence-electron chi connectivity index (χ0n) is 19.7. The maximum absolute atomic E-state index is 13.3. The first-order valence-corrected chi connectivity index (χ1v) is 11.4. The van der Waals surface area contributed by atoms with Gasteiger partial charge in [-0.25, -0.2) is 0 Å². The number of nitrogens with zero attached hydrogens (tertiary/aromatic N) is 3. The van der Waals surface area contributed by atoms with Crippen molar-refractivity contribution in [1.29, 1.82) is 5.26 Å². The summed E-state index contributed by atoms with van der Waals surface area (Å²) in [6, 6.07) is 13.7. The van der Waals surface area contributed by atoms with Crippen molar-refractivity contribution in [2.45, 2.75) is 37.1 Å². The first-order valence-electron chi connectivity index (χ1n) is 11.1. The molecule has 0 atom stereocenters. The minimum atomic E-state index is -0.309. The smallest absolute Gasteiger partial charge is 0.258 e. The number of aliphatic imine (C=N–C) groups is 1. The fourth-order valence-electron chi connectivity index (χ4n) is 4.68. The number of rotatable bonds is 7. The van der Waals surface area contributed by atoms with Crippen LogP contribution in [0.4, 0.5) is 0 Å². The zero-order valence-corrected chi connectivity index (χ0v) is 20.4. The normalized spacial score (nSPS) is 20.2. The van der Waals surface area contributed by atoms with Crippen molar-refractivity contribution in [3.05, 3.63) is 58.6 Å². The van der Waals surface area contributed by atoms with Crippen LogP contribution in [0.3, 0.4) is 0 Å². The minimum absolute atomic E-state index is 0.165. The number of halogens is 1. The van der Waals surface area contributed by atoms with Crippen LogP contribution in [0, 0.1) is 11.5 Å². The summed E-state index contributed by atoms with van der Waals surface area (Å²) in [7, 11) is 4.84. The Morgan fingerprint density at radius 1 is 1.24 bits per heavy atom. The standard InChI is InChI=1S/C25H30ClN5O3/c1-31(24(28)30-16-27)18-11-13-25(14-12-18,17-7-5-4-6-8-17)15-29-23(32)21-20(33-2)10-9-19(26)22(21)34-3/h4-10,18H,11-15H2,1-3H3,(H2,28,30)(H,29,32). The van der Waals surface area contributed by atoms with Crippen LogP contribution in [0.5, 0.6) is 11.5 Å². The van der Waals surface area contributed by atoms with Crippen LogP contribution in [0.25, 0.3) is 0 Å². The molecule has 3 N–H and O–H groups in total.